The van der Waals surface area contributed by atoms with Crippen LogP contribution < -0.4 is 30.3 Å². The highest BCUT2D eigenvalue weighted by Gasteiger charge is 2.17. The smallest absolute Gasteiger partial charge is 0.229 e. The largest absolute Gasteiger partial charge is 0.497 e. The molecule has 1 fully saturated rings. The van der Waals surface area contributed by atoms with E-state index in [4.69, 9.17) is 9.47 Å². The van der Waals surface area contributed by atoms with Crippen molar-refractivity contribution in [2.75, 3.05) is 74.3 Å². The predicted molar refractivity (Wildman–Crippen MR) is 129 cm³/mol. The summed E-state index contributed by atoms with van der Waals surface area (Å²) in [6.45, 7) is 5.09. The van der Waals surface area contributed by atoms with E-state index in [0.717, 1.165) is 43.8 Å². The summed E-state index contributed by atoms with van der Waals surface area (Å²) < 4.78 is 25.5. The summed E-state index contributed by atoms with van der Waals surface area (Å²) in [6.07, 6.45) is 1.12. The van der Waals surface area contributed by atoms with Gasteiger partial charge in [0.05, 0.1) is 19.9 Å². The van der Waals surface area contributed by atoms with Crippen molar-refractivity contribution in [2.24, 2.45) is 0 Å². The Balaban J connectivity index is 1.36. The third-order valence-corrected chi connectivity index (χ3v) is 5.75. The molecule has 0 bridgehead atoms. The molecule has 0 atom stereocenters. The summed E-state index contributed by atoms with van der Waals surface area (Å²) in [7, 11) is 3.76. The lowest BCUT2D eigenvalue weighted by Gasteiger charge is -2.34. The number of nitrogens with zero attached hydrogens (tertiary/aromatic N) is 5. The van der Waals surface area contributed by atoms with E-state index >= 15 is 0 Å². The van der Waals surface area contributed by atoms with E-state index in [1.807, 2.05) is 18.2 Å². The van der Waals surface area contributed by atoms with Gasteiger partial charge in [-0.1, -0.05) is 0 Å². The van der Waals surface area contributed by atoms with Gasteiger partial charge in [-0.2, -0.15) is 4.98 Å². The number of piperazine rings is 1. The van der Waals surface area contributed by atoms with E-state index in [2.05, 4.69) is 47.7 Å². The Kier molecular flexibility index (Phi) is 6.17. The maximum atomic E-state index is 14.5. The normalized spacial score (nSPS) is 15.7. The molecule has 1 aromatic carbocycles. The van der Waals surface area contributed by atoms with Gasteiger partial charge >= 0.3 is 0 Å². The molecule has 4 heterocycles. The third-order valence-electron chi connectivity index (χ3n) is 5.75. The number of methoxy groups -OCH3 is 1. The van der Waals surface area contributed by atoms with Crippen LogP contribution in [0.3, 0.4) is 0 Å². The minimum atomic E-state index is -0.585. The first kappa shape index (κ1) is 22.0. The molecular weight excluding hydrogens is 439 g/mol. The van der Waals surface area contributed by atoms with E-state index in [9.17, 15) is 4.39 Å². The molecule has 1 saturated heterocycles. The minimum absolute atomic E-state index is 0.0175. The fourth-order valence-corrected chi connectivity index (χ4v) is 3.88. The first-order valence-corrected chi connectivity index (χ1v) is 11.1. The van der Waals surface area contributed by atoms with E-state index in [1.54, 1.807) is 19.2 Å². The number of hydrogen-bond donors (Lipinski definition) is 3. The van der Waals surface area contributed by atoms with Gasteiger partial charge in [0.25, 0.3) is 0 Å². The van der Waals surface area contributed by atoms with E-state index < -0.39 is 5.82 Å². The molecule has 10 nitrogen and oxygen atoms in total. The minimum Gasteiger partial charge on any atom is -0.497 e. The zero-order valence-corrected chi connectivity index (χ0v) is 19.1. The van der Waals surface area contributed by atoms with Crippen molar-refractivity contribution in [3.8, 4) is 11.5 Å². The number of anilines is 6. The van der Waals surface area contributed by atoms with Crippen LogP contribution in [0.4, 0.5) is 39.2 Å². The van der Waals surface area contributed by atoms with Gasteiger partial charge in [0.1, 0.15) is 18.2 Å². The van der Waals surface area contributed by atoms with Crippen LogP contribution in [0.2, 0.25) is 0 Å². The number of fused-ring (bicyclic) bond motifs is 1. The topological polar surface area (TPSA) is 99.7 Å². The highest BCUT2D eigenvalue weighted by atomic mass is 19.1. The number of nitrogens with one attached hydrogen (secondary N) is 3. The number of halogens is 1. The van der Waals surface area contributed by atoms with Crippen LogP contribution in [-0.4, -0.2) is 73.3 Å². The molecule has 2 aliphatic heterocycles. The Morgan fingerprint density at radius 2 is 1.94 bits per heavy atom. The van der Waals surface area contributed by atoms with Crippen molar-refractivity contribution >= 4 is 34.8 Å². The first-order chi connectivity index (χ1) is 16.6. The first-order valence-electron chi connectivity index (χ1n) is 11.1. The average Bonchev–Trinajstić information content (AvgIpc) is 2.86. The zero-order valence-electron chi connectivity index (χ0n) is 19.1. The van der Waals surface area contributed by atoms with Gasteiger partial charge in [-0.05, 0) is 25.2 Å². The van der Waals surface area contributed by atoms with Crippen molar-refractivity contribution in [2.45, 2.75) is 0 Å². The molecule has 0 aliphatic carbocycles. The molecule has 5 rings (SSSR count). The summed E-state index contributed by atoms with van der Waals surface area (Å²) in [5.74, 6) is 2.11. The molecule has 11 heteroatoms. The molecule has 0 amide bonds. The van der Waals surface area contributed by atoms with Crippen LogP contribution in [0.25, 0.3) is 0 Å². The van der Waals surface area contributed by atoms with Crippen LogP contribution in [0, 0.1) is 5.82 Å². The Bertz CT molecular complexity index is 1170. The van der Waals surface area contributed by atoms with Crippen LogP contribution in [0.5, 0.6) is 11.5 Å². The molecule has 3 N–H and O–H groups in total. The Labute approximate surface area is 197 Å². The molecule has 2 aromatic heterocycles. The lowest BCUT2D eigenvalue weighted by atomic mass is 10.2. The van der Waals surface area contributed by atoms with Crippen LogP contribution in [-0.2, 0) is 0 Å². The molecule has 0 saturated carbocycles. The zero-order chi connectivity index (χ0) is 23.5. The molecule has 178 valence electrons. The van der Waals surface area contributed by atoms with Gasteiger partial charge in [0.2, 0.25) is 5.95 Å². The van der Waals surface area contributed by atoms with Crippen molar-refractivity contribution in [3.63, 3.8) is 0 Å². The fourth-order valence-electron chi connectivity index (χ4n) is 3.88. The molecular formula is C23H27FN8O2. The molecule has 0 unspecified atom stereocenters. The average molecular weight is 467 g/mol. The number of benzene rings is 1. The quantitative estimate of drug-likeness (QED) is 0.503. The van der Waals surface area contributed by atoms with Crippen molar-refractivity contribution in [1.29, 1.82) is 0 Å². The summed E-state index contributed by atoms with van der Waals surface area (Å²) >= 11 is 0. The Morgan fingerprint density at radius 1 is 1.09 bits per heavy atom. The highest BCUT2D eigenvalue weighted by Crippen LogP contribution is 2.30. The van der Waals surface area contributed by atoms with Crippen molar-refractivity contribution < 1.29 is 13.9 Å². The van der Waals surface area contributed by atoms with Gasteiger partial charge in [-0.15, -0.1) is 0 Å². The molecule has 34 heavy (non-hydrogen) atoms. The molecule has 0 spiro atoms. The van der Waals surface area contributed by atoms with Gasteiger partial charge in [0.15, 0.2) is 23.2 Å². The number of aromatic nitrogens is 3. The third kappa shape index (κ3) is 4.88. The lowest BCUT2D eigenvalue weighted by Crippen LogP contribution is -2.44. The standard InChI is InChI=1S/C23H27FN8O2/c1-31-6-8-32(9-7-31)16-11-15(12-17(13-16)33-2)27-23-26-14-18(24)21(30-23)28-20-4-3-19-22(29-20)25-5-10-34-19/h3-4,11-14H,5-10H2,1-2H3,(H3,25,26,27,28,29,30). The second-order valence-corrected chi connectivity index (χ2v) is 8.17. The second-order valence-electron chi connectivity index (χ2n) is 8.17. The predicted octanol–water partition coefficient (Wildman–Crippen LogP) is 3.06. The van der Waals surface area contributed by atoms with Gasteiger partial charge < -0.3 is 35.2 Å². The highest BCUT2D eigenvalue weighted by molar-refractivity contribution is 5.67. The Hall–Kier alpha value is -3.86. The summed E-state index contributed by atoms with van der Waals surface area (Å²) in [5, 5.41) is 9.26. The van der Waals surface area contributed by atoms with Gasteiger partial charge in [-0.25, -0.2) is 14.4 Å². The lowest BCUT2D eigenvalue weighted by molar-refractivity contribution is 0.312. The second kappa shape index (κ2) is 9.56. The fraction of sp³-hybridized carbons (Fsp3) is 0.348. The maximum absolute atomic E-state index is 14.5. The van der Waals surface area contributed by atoms with Gasteiger partial charge in [0, 0.05) is 49.7 Å². The van der Waals surface area contributed by atoms with Gasteiger partial charge in [-0.3, -0.25) is 0 Å². The van der Waals surface area contributed by atoms with E-state index in [1.165, 1.54) is 0 Å². The number of rotatable bonds is 6. The van der Waals surface area contributed by atoms with Crippen molar-refractivity contribution in [3.05, 3.63) is 42.3 Å². The summed E-state index contributed by atoms with van der Waals surface area (Å²) in [5.41, 5.74) is 1.79. The van der Waals surface area contributed by atoms with E-state index in [-0.39, 0.29) is 11.8 Å². The number of hydrogen-bond acceptors (Lipinski definition) is 10. The van der Waals surface area contributed by atoms with Crippen LogP contribution in [0.1, 0.15) is 0 Å². The summed E-state index contributed by atoms with van der Waals surface area (Å²) in [4.78, 5) is 17.5. The SMILES string of the molecule is COc1cc(Nc2ncc(F)c(Nc3ccc4c(n3)NCCO4)n2)cc(N2CCN(C)CC2)c1. The molecule has 0 radical (unpaired) electrons. The number of likely N-dealkylation sites (N-methyl/N-ethyl adjacent to an activating group) is 1. The number of ether oxygens (including phenoxy) is 2. The monoisotopic (exact) mass is 466 g/mol. The van der Waals surface area contributed by atoms with Crippen LogP contribution in [0.15, 0.2) is 36.5 Å². The van der Waals surface area contributed by atoms with Crippen molar-refractivity contribution in [1.82, 2.24) is 19.9 Å². The number of pyridine rings is 1. The Morgan fingerprint density at radius 3 is 2.76 bits per heavy atom. The molecule has 3 aromatic rings. The van der Waals surface area contributed by atoms with Crippen LogP contribution >= 0.6 is 0 Å². The van der Waals surface area contributed by atoms with E-state index in [0.29, 0.717) is 36.3 Å². The maximum Gasteiger partial charge on any atom is 0.229 e. The molecule has 2 aliphatic rings. The summed E-state index contributed by atoms with van der Waals surface area (Å²) in [6, 6.07) is 9.38.